The van der Waals surface area contributed by atoms with Crippen LogP contribution in [0.1, 0.15) is 13.8 Å². The molecule has 0 aliphatic rings. The van der Waals surface area contributed by atoms with Crippen LogP contribution in [-0.2, 0) is 0 Å². The second-order valence-corrected chi connectivity index (χ2v) is 18.3. The third kappa shape index (κ3) is 2.83. The van der Waals surface area contributed by atoms with E-state index in [0.717, 1.165) is 8.87 Å². The zero-order valence-electron chi connectivity index (χ0n) is 11.3. The van der Waals surface area contributed by atoms with Gasteiger partial charge in [0.05, 0.1) is 0 Å². The van der Waals surface area contributed by atoms with Crippen LogP contribution in [0, 0.1) is 11.6 Å². The van der Waals surface area contributed by atoms with Gasteiger partial charge in [-0.05, 0) is 0 Å². The summed E-state index contributed by atoms with van der Waals surface area (Å²) in [6, 6.07) is 13.8. The number of rotatable bonds is 4. The van der Waals surface area contributed by atoms with E-state index in [1.807, 2.05) is 24.3 Å². The fraction of sp³-hybridized carbons (Fsp3) is 0.250. The molecule has 0 aliphatic heterocycles. The van der Waals surface area contributed by atoms with Gasteiger partial charge in [0.1, 0.15) is 0 Å². The van der Waals surface area contributed by atoms with Gasteiger partial charge in [-0.3, -0.25) is 0 Å². The molecule has 0 spiro atoms. The topological polar surface area (TPSA) is 0 Å². The van der Waals surface area contributed by atoms with Crippen molar-refractivity contribution in [3.8, 4) is 0 Å². The van der Waals surface area contributed by atoms with Gasteiger partial charge in [-0.1, -0.05) is 0 Å². The van der Waals surface area contributed by atoms with Gasteiger partial charge >= 0.3 is 117 Å². The molecule has 0 saturated heterocycles. The Bertz CT molecular complexity index is 480. The molecule has 0 fully saturated rings. The molecule has 2 aromatic carbocycles. The molecule has 0 nitrogen and oxygen atoms in total. The van der Waals surface area contributed by atoms with Crippen molar-refractivity contribution in [3.63, 3.8) is 0 Å². The Morgan fingerprint density at radius 2 is 1.00 bits per heavy atom. The second-order valence-electron chi connectivity index (χ2n) is 4.80. The molecule has 0 aliphatic carbocycles. The molecular formula is C16H18F2Sn. The fourth-order valence-electron chi connectivity index (χ4n) is 2.77. The van der Waals surface area contributed by atoms with Crippen molar-refractivity contribution in [1.29, 1.82) is 0 Å². The number of halogens is 2. The van der Waals surface area contributed by atoms with E-state index in [-0.39, 0.29) is 11.6 Å². The van der Waals surface area contributed by atoms with Crippen molar-refractivity contribution in [3.05, 3.63) is 60.2 Å². The summed E-state index contributed by atoms with van der Waals surface area (Å²) in [4.78, 5) is 0. The van der Waals surface area contributed by atoms with Crippen LogP contribution in [0.5, 0.6) is 0 Å². The average Bonchev–Trinajstić information content (AvgIpc) is 2.44. The van der Waals surface area contributed by atoms with Crippen molar-refractivity contribution < 1.29 is 8.78 Å². The van der Waals surface area contributed by atoms with E-state index in [0.29, 0.717) is 0 Å². The first-order chi connectivity index (χ1) is 9.12. The van der Waals surface area contributed by atoms with Crippen molar-refractivity contribution in [2.45, 2.75) is 22.7 Å². The van der Waals surface area contributed by atoms with Crippen molar-refractivity contribution in [2.75, 3.05) is 0 Å². The Kier molecular flexibility index (Phi) is 4.61. The van der Waals surface area contributed by atoms with Gasteiger partial charge < -0.3 is 0 Å². The van der Waals surface area contributed by atoms with Gasteiger partial charge in [0.25, 0.3) is 0 Å². The molecule has 0 atom stereocenters. The van der Waals surface area contributed by atoms with Crippen LogP contribution >= 0.6 is 0 Å². The molecule has 0 bridgehead atoms. The Balaban J connectivity index is 2.53. The quantitative estimate of drug-likeness (QED) is 0.726. The van der Waals surface area contributed by atoms with Crippen molar-refractivity contribution >= 4 is 25.5 Å². The molecule has 0 radical (unpaired) electrons. The summed E-state index contributed by atoms with van der Waals surface area (Å²) in [5, 5.41) is 0. The van der Waals surface area contributed by atoms with Gasteiger partial charge in [0.2, 0.25) is 0 Å². The van der Waals surface area contributed by atoms with Crippen LogP contribution in [0.3, 0.4) is 0 Å². The second kappa shape index (κ2) is 6.03. The Hall–Kier alpha value is -0.901. The number of hydrogen-bond donors (Lipinski definition) is 0. The van der Waals surface area contributed by atoms with E-state index in [9.17, 15) is 8.78 Å². The number of benzene rings is 2. The monoisotopic (exact) mass is 368 g/mol. The molecule has 0 aromatic heterocycles. The first-order valence-electron chi connectivity index (χ1n) is 6.64. The van der Waals surface area contributed by atoms with Gasteiger partial charge in [0.15, 0.2) is 0 Å². The Labute approximate surface area is 117 Å². The van der Waals surface area contributed by atoms with E-state index in [2.05, 4.69) is 13.8 Å². The van der Waals surface area contributed by atoms with E-state index in [4.69, 9.17) is 0 Å². The van der Waals surface area contributed by atoms with Crippen LogP contribution in [0.15, 0.2) is 48.5 Å². The summed E-state index contributed by atoms with van der Waals surface area (Å²) in [5.74, 6) is -0.398. The molecule has 2 aromatic rings. The summed E-state index contributed by atoms with van der Waals surface area (Å²) < 4.78 is 31.0. The van der Waals surface area contributed by atoms with Crippen LogP contribution < -0.4 is 7.16 Å². The van der Waals surface area contributed by atoms with Crippen LogP contribution in [0.25, 0.3) is 0 Å². The minimum absolute atomic E-state index is 0.199. The van der Waals surface area contributed by atoms with E-state index >= 15 is 0 Å². The van der Waals surface area contributed by atoms with Crippen LogP contribution in [0.2, 0.25) is 8.87 Å². The van der Waals surface area contributed by atoms with Crippen molar-refractivity contribution in [1.82, 2.24) is 0 Å². The molecule has 0 amide bonds. The summed E-state index contributed by atoms with van der Waals surface area (Å²) in [7, 11) is 0. The molecule has 2 rings (SSSR count). The minimum atomic E-state index is -2.74. The molecule has 0 N–H and O–H groups in total. The zero-order valence-corrected chi connectivity index (χ0v) is 14.1. The summed E-state index contributed by atoms with van der Waals surface area (Å²) in [6.07, 6.45) is 0. The summed E-state index contributed by atoms with van der Waals surface area (Å²) in [5.41, 5.74) is 0. The van der Waals surface area contributed by atoms with E-state index in [1.165, 1.54) is 31.4 Å². The third-order valence-corrected chi connectivity index (χ3v) is 19.1. The standard InChI is InChI=1S/2C6H4F.2C2H5.Sn/c2*7-6-4-2-1-3-5-6;2*1-2;/h2*2-5H;2*1H2,2H3;. The molecular weight excluding hydrogens is 349 g/mol. The Morgan fingerprint density at radius 1 is 0.684 bits per heavy atom. The SMILES string of the molecule is C[CH2][Sn]([CH2]C)([c]1ccc(F)cc1)[c]1ccc(F)cc1. The predicted molar refractivity (Wildman–Crippen MR) is 78.8 cm³/mol. The first-order valence-corrected chi connectivity index (χ1v) is 13.5. The molecule has 0 saturated carbocycles. The molecule has 0 heterocycles. The van der Waals surface area contributed by atoms with Gasteiger partial charge in [-0.15, -0.1) is 0 Å². The fourth-order valence-corrected chi connectivity index (χ4v) is 14.4. The first kappa shape index (κ1) is 14.5. The third-order valence-electron chi connectivity index (χ3n) is 4.00. The molecule has 0 unspecified atom stereocenters. The molecule has 3 heteroatoms. The Morgan fingerprint density at radius 3 is 1.26 bits per heavy atom. The molecule has 100 valence electrons. The van der Waals surface area contributed by atoms with Crippen LogP contribution in [0.4, 0.5) is 8.78 Å². The van der Waals surface area contributed by atoms with Gasteiger partial charge in [0, 0.05) is 0 Å². The normalized spacial score (nSPS) is 11.6. The van der Waals surface area contributed by atoms with E-state index < -0.39 is 18.4 Å². The summed E-state index contributed by atoms with van der Waals surface area (Å²) >= 11 is -2.74. The number of hydrogen-bond acceptors (Lipinski definition) is 0. The van der Waals surface area contributed by atoms with Crippen molar-refractivity contribution in [2.24, 2.45) is 0 Å². The molecule has 19 heavy (non-hydrogen) atoms. The van der Waals surface area contributed by atoms with Gasteiger partial charge in [-0.25, -0.2) is 0 Å². The van der Waals surface area contributed by atoms with Crippen LogP contribution in [-0.4, -0.2) is 18.4 Å². The van der Waals surface area contributed by atoms with E-state index in [1.54, 1.807) is 0 Å². The zero-order chi connectivity index (χ0) is 13.9. The average molecular weight is 367 g/mol. The predicted octanol–water partition coefficient (Wildman–Crippen LogP) is 3.57. The van der Waals surface area contributed by atoms with Gasteiger partial charge in [-0.2, -0.15) is 0 Å². The summed E-state index contributed by atoms with van der Waals surface area (Å²) in [6.45, 7) is 4.40. The maximum absolute atomic E-state index is 13.1. The maximum atomic E-state index is 13.1.